The highest BCUT2D eigenvalue weighted by molar-refractivity contribution is 7.80. The Balaban J connectivity index is 2.42. The molecule has 0 saturated heterocycles. The van der Waals surface area contributed by atoms with E-state index in [1.54, 1.807) is 12.1 Å². The van der Waals surface area contributed by atoms with Crippen molar-refractivity contribution < 1.29 is 9.53 Å². The van der Waals surface area contributed by atoms with Crippen LogP contribution in [0.2, 0.25) is 0 Å². The first-order chi connectivity index (χ1) is 11.0. The molecule has 0 atom stereocenters. The van der Waals surface area contributed by atoms with Gasteiger partial charge in [-0.25, -0.2) is 0 Å². The lowest BCUT2D eigenvalue weighted by molar-refractivity contribution is 0.0971. The van der Waals surface area contributed by atoms with Crippen LogP contribution in [-0.4, -0.2) is 23.7 Å². The predicted molar refractivity (Wildman–Crippen MR) is 99.0 cm³/mol. The molecule has 1 aromatic rings. The van der Waals surface area contributed by atoms with Gasteiger partial charge in [0.05, 0.1) is 11.7 Å². The largest absolute Gasteiger partial charge is 0.490 e. The van der Waals surface area contributed by atoms with Crippen molar-refractivity contribution in [3.05, 3.63) is 29.8 Å². The third-order valence-corrected chi connectivity index (χ3v) is 3.53. The molecule has 1 rings (SSSR count). The molecule has 0 aliphatic carbocycles. The van der Waals surface area contributed by atoms with E-state index in [1.807, 2.05) is 26.0 Å². The summed E-state index contributed by atoms with van der Waals surface area (Å²) in [6.07, 6.45) is 6.01. The van der Waals surface area contributed by atoms with Crippen LogP contribution in [0.3, 0.4) is 0 Å². The minimum atomic E-state index is -0.246. The van der Waals surface area contributed by atoms with Gasteiger partial charge in [-0.3, -0.25) is 10.1 Å². The molecule has 0 unspecified atom stereocenters. The van der Waals surface area contributed by atoms with Crippen molar-refractivity contribution >= 4 is 23.2 Å². The van der Waals surface area contributed by atoms with Gasteiger partial charge in [-0.1, -0.05) is 44.7 Å². The molecule has 1 amide bonds. The summed E-state index contributed by atoms with van der Waals surface area (Å²) in [5.74, 6) is 0.326. The van der Waals surface area contributed by atoms with Gasteiger partial charge in [-0.2, -0.15) is 0 Å². The zero-order chi connectivity index (χ0) is 17.1. The van der Waals surface area contributed by atoms with Crippen LogP contribution >= 0.6 is 12.2 Å². The number of thiocarbonyl (C=S) groups is 1. The first-order valence-electron chi connectivity index (χ1n) is 8.39. The first-order valence-corrected chi connectivity index (χ1v) is 8.80. The van der Waals surface area contributed by atoms with E-state index in [2.05, 4.69) is 17.6 Å². The third-order valence-electron chi connectivity index (χ3n) is 3.29. The van der Waals surface area contributed by atoms with E-state index in [4.69, 9.17) is 17.0 Å². The average molecular weight is 337 g/mol. The maximum Gasteiger partial charge on any atom is 0.261 e. The summed E-state index contributed by atoms with van der Waals surface area (Å²) < 4.78 is 5.66. The number of amides is 1. The van der Waals surface area contributed by atoms with Gasteiger partial charge >= 0.3 is 0 Å². The topological polar surface area (TPSA) is 50.4 Å². The molecule has 0 aliphatic heterocycles. The number of hydrogen-bond donors (Lipinski definition) is 2. The molecule has 128 valence electrons. The minimum Gasteiger partial charge on any atom is -0.490 e. The number of carbonyl (C=O) groups excluding carboxylic acids is 1. The quantitative estimate of drug-likeness (QED) is 0.528. The van der Waals surface area contributed by atoms with Crippen molar-refractivity contribution in [2.24, 2.45) is 0 Å². The maximum atomic E-state index is 12.3. The molecule has 0 aliphatic rings. The molecule has 0 saturated carbocycles. The second kappa shape index (κ2) is 11.0. The number of hydrogen-bond acceptors (Lipinski definition) is 3. The number of para-hydroxylation sites is 1. The summed E-state index contributed by atoms with van der Waals surface area (Å²) in [7, 11) is 0. The van der Waals surface area contributed by atoms with E-state index < -0.39 is 0 Å². The lowest BCUT2D eigenvalue weighted by Gasteiger charge is -2.14. The fourth-order valence-electron chi connectivity index (χ4n) is 2.16. The van der Waals surface area contributed by atoms with E-state index in [1.165, 1.54) is 25.7 Å². The summed E-state index contributed by atoms with van der Waals surface area (Å²) in [5.41, 5.74) is 0.494. The molecule has 4 nitrogen and oxygen atoms in total. The summed E-state index contributed by atoms with van der Waals surface area (Å²) in [5, 5.41) is 6.16. The van der Waals surface area contributed by atoms with Crippen LogP contribution in [0.25, 0.3) is 0 Å². The van der Waals surface area contributed by atoms with Crippen LogP contribution in [-0.2, 0) is 0 Å². The second-order valence-electron chi connectivity index (χ2n) is 5.79. The van der Waals surface area contributed by atoms with Gasteiger partial charge in [0.2, 0.25) is 0 Å². The van der Waals surface area contributed by atoms with E-state index in [-0.39, 0.29) is 12.0 Å². The van der Waals surface area contributed by atoms with Crippen LogP contribution in [0.15, 0.2) is 24.3 Å². The van der Waals surface area contributed by atoms with Gasteiger partial charge in [0.1, 0.15) is 5.75 Å². The number of nitrogens with one attached hydrogen (secondary N) is 2. The predicted octanol–water partition coefficient (Wildman–Crippen LogP) is 4.05. The van der Waals surface area contributed by atoms with Crippen molar-refractivity contribution in [1.29, 1.82) is 0 Å². The van der Waals surface area contributed by atoms with Crippen LogP contribution < -0.4 is 15.4 Å². The Hall–Kier alpha value is -1.62. The van der Waals surface area contributed by atoms with E-state index in [9.17, 15) is 4.79 Å². The Kier molecular flexibility index (Phi) is 9.29. The molecule has 5 heteroatoms. The van der Waals surface area contributed by atoms with Crippen molar-refractivity contribution in [2.45, 2.75) is 59.0 Å². The average Bonchev–Trinajstić information content (AvgIpc) is 2.50. The molecule has 1 aromatic carbocycles. The number of carbonyl (C=O) groups is 1. The zero-order valence-corrected chi connectivity index (χ0v) is 15.2. The molecule has 0 aromatic heterocycles. The van der Waals surface area contributed by atoms with Gasteiger partial charge in [-0.15, -0.1) is 0 Å². The highest BCUT2D eigenvalue weighted by Crippen LogP contribution is 2.19. The molecule has 2 N–H and O–H groups in total. The summed E-state index contributed by atoms with van der Waals surface area (Å²) in [4.78, 5) is 12.3. The fourth-order valence-corrected chi connectivity index (χ4v) is 2.35. The number of benzene rings is 1. The molecule has 23 heavy (non-hydrogen) atoms. The molecule has 0 bridgehead atoms. The van der Waals surface area contributed by atoms with Crippen molar-refractivity contribution in [1.82, 2.24) is 10.6 Å². The lowest BCUT2D eigenvalue weighted by atomic mass is 10.1. The van der Waals surface area contributed by atoms with E-state index >= 15 is 0 Å². The number of unbranched alkanes of at least 4 members (excludes halogenated alkanes) is 4. The number of rotatable bonds is 9. The molecule has 0 spiro atoms. The molecule has 0 heterocycles. The Morgan fingerprint density at radius 3 is 2.57 bits per heavy atom. The van der Waals surface area contributed by atoms with Gasteiger partial charge in [0.25, 0.3) is 5.91 Å². The van der Waals surface area contributed by atoms with Gasteiger partial charge in [0.15, 0.2) is 5.11 Å². The van der Waals surface area contributed by atoms with Crippen LogP contribution in [0.1, 0.15) is 63.2 Å². The lowest BCUT2D eigenvalue weighted by Crippen LogP contribution is -2.39. The van der Waals surface area contributed by atoms with Gasteiger partial charge in [-0.05, 0) is 44.6 Å². The summed E-state index contributed by atoms with van der Waals surface area (Å²) in [6.45, 7) is 6.84. The molecule has 0 fully saturated rings. The third kappa shape index (κ3) is 7.98. The van der Waals surface area contributed by atoms with Gasteiger partial charge < -0.3 is 10.1 Å². The summed E-state index contributed by atoms with van der Waals surface area (Å²) >= 11 is 5.18. The smallest absolute Gasteiger partial charge is 0.261 e. The van der Waals surface area contributed by atoms with E-state index in [0.29, 0.717) is 16.4 Å². The van der Waals surface area contributed by atoms with Crippen molar-refractivity contribution in [3.63, 3.8) is 0 Å². The second-order valence-corrected chi connectivity index (χ2v) is 6.20. The monoisotopic (exact) mass is 336 g/mol. The van der Waals surface area contributed by atoms with Crippen molar-refractivity contribution in [2.75, 3.05) is 6.54 Å². The molecular weight excluding hydrogens is 308 g/mol. The van der Waals surface area contributed by atoms with Crippen LogP contribution in [0, 0.1) is 0 Å². The molecule has 0 radical (unpaired) electrons. The zero-order valence-electron chi connectivity index (χ0n) is 14.4. The minimum absolute atomic E-state index is 0.0112. The van der Waals surface area contributed by atoms with Crippen LogP contribution in [0.4, 0.5) is 0 Å². The fraction of sp³-hybridized carbons (Fsp3) is 0.556. The SMILES string of the molecule is CCCCCCCNC(=S)NC(=O)c1ccccc1OC(C)C. The van der Waals surface area contributed by atoms with Crippen LogP contribution in [0.5, 0.6) is 5.75 Å². The highest BCUT2D eigenvalue weighted by Gasteiger charge is 2.14. The Labute approximate surface area is 145 Å². The first kappa shape index (κ1) is 19.4. The standard InChI is InChI=1S/C18H28N2O2S/c1-4-5-6-7-10-13-19-18(23)20-17(21)15-11-8-9-12-16(15)22-14(2)3/h8-9,11-12,14H,4-7,10,13H2,1-3H3,(H2,19,20,21,23). The molecular formula is C18H28N2O2S. The normalized spacial score (nSPS) is 10.4. The Morgan fingerprint density at radius 1 is 1.17 bits per heavy atom. The number of ether oxygens (including phenoxy) is 1. The highest BCUT2D eigenvalue weighted by atomic mass is 32.1. The van der Waals surface area contributed by atoms with E-state index in [0.717, 1.165) is 13.0 Å². The van der Waals surface area contributed by atoms with Gasteiger partial charge in [0, 0.05) is 6.54 Å². The summed E-state index contributed by atoms with van der Waals surface area (Å²) in [6, 6.07) is 7.19. The maximum absolute atomic E-state index is 12.3. The van der Waals surface area contributed by atoms with Crippen molar-refractivity contribution in [3.8, 4) is 5.75 Å². The Bertz CT molecular complexity index is 504. The Morgan fingerprint density at radius 2 is 1.87 bits per heavy atom.